The van der Waals surface area contributed by atoms with Crippen LogP contribution in [0.3, 0.4) is 0 Å². The van der Waals surface area contributed by atoms with E-state index in [-0.39, 0.29) is 22.6 Å². The molecule has 0 radical (unpaired) electrons. The SMILES string of the molecule is Cc1nccc(-c2nc3ccsc3c(=O)[nH]2)c1F. The molecule has 0 fully saturated rings. The number of halogens is 1. The van der Waals surface area contributed by atoms with Gasteiger partial charge in [0.1, 0.15) is 10.5 Å². The first kappa shape index (κ1) is 11.0. The molecule has 4 nitrogen and oxygen atoms in total. The van der Waals surface area contributed by atoms with Crippen LogP contribution in [0.2, 0.25) is 0 Å². The average Bonchev–Trinajstić information content (AvgIpc) is 2.81. The summed E-state index contributed by atoms with van der Waals surface area (Å²) in [4.78, 5) is 22.5. The van der Waals surface area contributed by atoms with Crippen molar-refractivity contribution >= 4 is 21.6 Å². The van der Waals surface area contributed by atoms with Gasteiger partial charge in [0.15, 0.2) is 5.82 Å². The molecule has 0 amide bonds. The molecular formula is C12H8FN3OS. The van der Waals surface area contributed by atoms with Gasteiger partial charge >= 0.3 is 0 Å². The van der Waals surface area contributed by atoms with Crippen LogP contribution in [0.1, 0.15) is 5.69 Å². The summed E-state index contributed by atoms with van der Waals surface area (Å²) in [5, 5.41) is 1.78. The third kappa shape index (κ3) is 1.62. The van der Waals surface area contributed by atoms with Crippen LogP contribution < -0.4 is 5.56 Å². The number of thiophene rings is 1. The van der Waals surface area contributed by atoms with Crippen molar-refractivity contribution < 1.29 is 4.39 Å². The Bertz CT molecular complexity index is 793. The van der Waals surface area contributed by atoms with Crippen LogP contribution in [0.25, 0.3) is 21.6 Å². The van der Waals surface area contributed by atoms with Crippen LogP contribution >= 0.6 is 11.3 Å². The number of aromatic nitrogens is 3. The minimum atomic E-state index is -0.463. The van der Waals surface area contributed by atoms with E-state index in [1.54, 1.807) is 18.4 Å². The summed E-state index contributed by atoms with van der Waals surface area (Å²) < 4.78 is 14.5. The van der Waals surface area contributed by atoms with Gasteiger partial charge in [0.25, 0.3) is 5.56 Å². The highest BCUT2D eigenvalue weighted by Crippen LogP contribution is 2.22. The molecule has 3 rings (SSSR count). The molecule has 0 aliphatic heterocycles. The number of nitrogens with zero attached hydrogens (tertiary/aromatic N) is 2. The molecule has 0 aliphatic rings. The fourth-order valence-electron chi connectivity index (χ4n) is 1.73. The number of rotatable bonds is 1. The molecule has 0 aromatic carbocycles. The quantitative estimate of drug-likeness (QED) is 0.732. The molecule has 0 aliphatic carbocycles. The standard InChI is InChI=1S/C12H8FN3OS/c1-6-9(13)7(2-4-14-6)11-15-8-3-5-18-10(8)12(17)16-11/h2-5H,1H3,(H,15,16,17). The first-order chi connectivity index (χ1) is 8.66. The maximum Gasteiger partial charge on any atom is 0.269 e. The van der Waals surface area contributed by atoms with Gasteiger partial charge < -0.3 is 4.98 Å². The van der Waals surface area contributed by atoms with Gasteiger partial charge in [0.05, 0.1) is 16.8 Å². The zero-order chi connectivity index (χ0) is 12.7. The molecule has 1 N–H and O–H groups in total. The fourth-order valence-corrected chi connectivity index (χ4v) is 2.46. The second kappa shape index (κ2) is 3.99. The van der Waals surface area contributed by atoms with E-state index >= 15 is 0 Å². The molecule has 0 saturated carbocycles. The second-order valence-electron chi connectivity index (χ2n) is 3.81. The number of hydrogen-bond acceptors (Lipinski definition) is 4. The highest BCUT2D eigenvalue weighted by molar-refractivity contribution is 7.17. The van der Waals surface area contributed by atoms with E-state index in [0.29, 0.717) is 10.2 Å². The normalized spacial score (nSPS) is 11.0. The summed E-state index contributed by atoms with van der Waals surface area (Å²) >= 11 is 1.31. The van der Waals surface area contributed by atoms with Gasteiger partial charge in [-0.25, -0.2) is 9.37 Å². The minimum Gasteiger partial charge on any atom is -0.305 e. The fraction of sp³-hybridized carbons (Fsp3) is 0.0833. The number of fused-ring (bicyclic) bond motifs is 1. The molecule has 6 heteroatoms. The number of nitrogens with one attached hydrogen (secondary N) is 1. The molecule has 0 atom stereocenters. The van der Waals surface area contributed by atoms with E-state index in [1.807, 2.05) is 0 Å². The van der Waals surface area contributed by atoms with Crippen molar-refractivity contribution in [1.29, 1.82) is 0 Å². The lowest BCUT2D eigenvalue weighted by atomic mass is 10.2. The Labute approximate surface area is 105 Å². The molecule has 0 saturated heterocycles. The molecule has 0 spiro atoms. The Hall–Kier alpha value is -2.08. The van der Waals surface area contributed by atoms with Crippen molar-refractivity contribution in [1.82, 2.24) is 15.0 Å². The number of aryl methyl sites for hydroxylation is 1. The van der Waals surface area contributed by atoms with E-state index in [1.165, 1.54) is 23.6 Å². The zero-order valence-electron chi connectivity index (χ0n) is 9.40. The highest BCUT2D eigenvalue weighted by Gasteiger charge is 2.12. The monoisotopic (exact) mass is 261 g/mol. The first-order valence-electron chi connectivity index (χ1n) is 5.26. The number of H-pyrrole nitrogens is 1. The maximum absolute atomic E-state index is 13.9. The van der Waals surface area contributed by atoms with Gasteiger partial charge in [0.2, 0.25) is 0 Å². The average molecular weight is 261 g/mol. The number of aromatic amines is 1. The van der Waals surface area contributed by atoms with Gasteiger partial charge in [-0.3, -0.25) is 9.78 Å². The number of hydrogen-bond donors (Lipinski definition) is 1. The smallest absolute Gasteiger partial charge is 0.269 e. The van der Waals surface area contributed by atoms with Gasteiger partial charge in [-0.05, 0) is 24.4 Å². The summed E-state index contributed by atoms with van der Waals surface area (Å²) in [6, 6.07) is 3.24. The van der Waals surface area contributed by atoms with E-state index in [0.717, 1.165) is 0 Å². The van der Waals surface area contributed by atoms with Gasteiger partial charge in [0, 0.05) is 6.20 Å². The van der Waals surface area contributed by atoms with Gasteiger partial charge in [-0.15, -0.1) is 11.3 Å². The molecule has 3 aromatic rings. The van der Waals surface area contributed by atoms with Crippen molar-refractivity contribution in [3.63, 3.8) is 0 Å². The third-order valence-corrected chi connectivity index (χ3v) is 3.54. The van der Waals surface area contributed by atoms with E-state index in [9.17, 15) is 9.18 Å². The van der Waals surface area contributed by atoms with Crippen LogP contribution in [-0.2, 0) is 0 Å². The van der Waals surface area contributed by atoms with Crippen LogP contribution in [0, 0.1) is 12.7 Å². The van der Waals surface area contributed by atoms with Crippen molar-refractivity contribution in [2.24, 2.45) is 0 Å². The summed E-state index contributed by atoms with van der Waals surface area (Å²) in [6.45, 7) is 1.57. The summed E-state index contributed by atoms with van der Waals surface area (Å²) in [7, 11) is 0. The van der Waals surface area contributed by atoms with Crippen molar-refractivity contribution in [2.45, 2.75) is 6.92 Å². The zero-order valence-corrected chi connectivity index (χ0v) is 10.2. The third-order valence-electron chi connectivity index (χ3n) is 2.63. The predicted molar refractivity (Wildman–Crippen MR) is 68.2 cm³/mol. The van der Waals surface area contributed by atoms with E-state index in [2.05, 4.69) is 15.0 Å². The lowest BCUT2D eigenvalue weighted by Gasteiger charge is -2.04. The molecule has 18 heavy (non-hydrogen) atoms. The van der Waals surface area contributed by atoms with Gasteiger partial charge in [-0.2, -0.15) is 0 Å². The minimum absolute atomic E-state index is 0.230. The molecular weight excluding hydrogens is 253 g/mol. The molecule has 0 bridgehead atoms. The largest absolute Gasteiger partial charge is 0.305 e. The number of pyridine rings is 1. The lowest BCUT2D eigenvalue weighted by Crippen LogP contribution is -2.08. The highest BCUT2D eigenvalue weighted by atomic mass is 32.1. The summed E-state index contributed by atoms with van der Waals surface area (Å²) in [5.41, 5.74) is 0.861. The molecule has 3 heterocycles. The summed E-state index contributed by atoms with van der Waals surface area (Å²) in [6.07, 6.45) is 1.49. The Kier molecular flexibility index (Phi) is 2.45. The Balaban J connectivity index is 2.32. The Morgan fingerprint density at radius 2 is 2.22 bits per heavy atom. The van der Waals surface area contributed by atoms with Crippen molar-refractivity contribution in [3.8, 4) is 11.4 Å². The second-order valence-corrected chi connectivity index (χ2v) is 4.72. The molecule has 3 aromatic heterocycles. The molecule has 0 unspecified atom stereocenters. The maximum atomic E-state index is 13.9. The first-order valence-corrected chi connectivity index (χ1v) is 6.14. The van der Waals surface area contributed by atoms with E-state index < -0.39 is 5.82 Å². The van der Waals surface area contributed by atoms with Crippen LogP contribution in [-0.4, -0.2) is 15.0 Å². The lowest BCUT2D eigenvalue weighted by molar-refractivity contribution is 0.612. The van der Waals surface area contributed by atoms with Gasteiger partial charge in [-0.1, -0.05) is 0 Å². The van der Waals surface area contributed by atoms with E-state index in [4.69, 9.17) is 0 Å². The van der Waals surface area contributed by atoms with Crippen molar-refractivity contribution in [2.75, 3.05) is 0 Å². The molecule has 90 valence electrons. The predicted octanol–water partition coefficient (Wildman–Crippen LogP) is 2.49. The summed E-state index contributed by atoms with van der Waals surface area (Å²) in [5.74, 6) is -0.232. The van der Waals surface area contributed by atoms with Crippen LogP contribution in [0.15, 0.2) is 28.5 Å². The van der Waals surface area contributed by atoms with Crippen LogP contribution in [0.4, 0.5) is 4.39 Å². The Morgan fingerprint density at radius 3 is 3.06 bits per heavy atom. The van der Waals surface area contributed by atoms with Crippen molar-refractivity contribution in [3.05, 3.63) is 45.6 Å². The van der Waals surface area contributed by atoms with Crippen LogP contribution in [0.5, 0.6) is 0 Å². The topological polar surface area (TPSA) is 58.6 Å². The Morgan fingerprint density at radius 1 is 1.39 bits per heavy atom.